The van der Waals surface area contributed by atoms with E-state index < -0.39 is 49.8 Å². The Bertz CT molecular complexity index is 879. The fraction of sp³-hybridized carbons (Fsp3) is 0.737. The third-order valence-electron chi connectivity index (χ3n) is 5.82. The molecule has 5 N–H and O–H groups in total. The van der Waals surface area contributed by atoms with Crippen LogP contribution in [0.15, 0.2) is 17.1 Å². The summed E-state index contributed by atoms with van der Waals surface area (Å²) in [7, 11) is -3.74. The van der Waals surface area contributed by atoms with Gasteiger partial charge in [-0.3, -0.25) is 9.36 Å². The van der Waals surface area contributed by atoms with Crippen LogP contribution in [0.4, 0.5) is 5.82 Å². The second-order valence-electron chi connectivity index (χ2n) is 8.30. The molecule has 0 spiro atoms. The van der Waals surface area contributed by atoms with Crippen molar-refractivity contribution in [3.63, 3.8) is 0 Å². The zero-order chi connectivity index (χ0) is 23.7. The zero-order valence-electron chi connectivity index (χ0n) is 18.6. The summed E-state index contributed by atoms with van der Waals surface area (Å²) in [5, 5.41) is 13.8. The number of nitrogens with two attached hydrogens (primary N) is 1. The topological polar surface area (TPSA) is 167 Å². The Kier molecular flexibility index (Phi) is 7.55. The molecule has 0 aromatic carbocycles. The van der Waals surface area contributed by atoms with E-state index in [4.69, 9.17) is 24.3 Å². The molecule has 0 radical (unpaired) electrons. The second-order valence-corrected chi connectivity index (χ2v) is 10.1. The number of hydrogen-bond acceptors (Lipinski definition) is 11. The Labute approximate surface area is 186 Å². The number of aliphatic hydroxyl groups is 1. The van der Waals surface area contributed by atoms with Gasteiger partial charge in [-0.05, 0) is 25.8 Å². The normalized spacial score (nSPS) is 33.2. The van der Waals surface area contributed by atoms with E-state index in [9.17, 15) is 19.6 Å². The van der Waals surface area contributed by atoms with Crippen molar-refractivity contribution >= 4 is 19.9 Å². The summed E-state index contributed by atoms with van der Waals surface area (Å²) in [6.45, 7) is 7.16. The highest BCUT2D eigenvalue weighted by Crippen LogP contribution is 2.61. The average Bonchev–Trinajstić information content (AvgIpc) is 2.98. The molecule has 2 saturated heterocycles. The van der Waals surface area contributed by atoms with Crippen molar-refractivity contribution in [2.45, 2.75) is 70.6 Å². The average molecular weight is 475 g/mol. The molecular weight excluding hydrogens is 443 g/mol. The SMILES string of the molecule is CCC(CC)COC(=O)[C@H](C)N[P+]1(O)OC[C@H]2O[C@@H](n3ccc(N)nc3=O)[C@](C)(O)[C@@H]2O1. The van der Waals surface area contributed by atoms with Gasteiger partial charge in [0.1, 0.15) is 30.2 Å². The van der Waals surface area contributed by atoms with Gasteiger partial charge in [0, 0.05) is 6.20 Å². The number of carbonyl (C=O) groups is 1. The highest BCUT2D eigenvalue weighted by Gasteiger charge is 2.65. The molecular formula is C19H32N4O8P+. The molecule has 12 nitrogen and oxygen atoms in total. The Balaban J connectivity index is 1.68. The molecule has 32 heavy (non-hydrogen) atoms. The van der Waals surface area contributed by atoms with E-state index in [2.05, 4.69) is 10.1 Å². The molecule has 2 aliphatic rings. The van der Waals surface area contributed by atoms with Crippen LogP contribution in [0.3, 0.4) is 0 Å². The molecule has 0 amide bonds. The molecule has 0 aliphatic carbocycles. The van der Waals surface area contributed by atoms with Crippen LogP contribution in [0.25, 0.3) is 0 Å². The van der Waals surface area contributed by atoms with E-state index in [-0.39, 0.29) is 24.9 Å². The van der Waals surface area contributed by atoms with E-state index in [1.165, 1.54) is 26.1 Å². The van der Waals surface area contributed by atoms with Gasteiger partial charge in [0.15, 0.2) is 12.3 Å². The van der Waals surface area contributed by atoms with Crippen molar-refractivity contribution in [3.05, 3.63) is 22.7 Å². The molecule has 1 unspecified atom stereocenters. The molecule has 0 bridgehead atoms. The summed E-state index contributed by atoms with van der Waals surface area (Å²) < 4.78 is 23.4. The fourth-order valence-corrected chi connectivity index (χ4v) is 5.51. The van der Waals surface area contributed by atoms with Gasteiger partial charge < -0.3 is 20.3 Å². The number of rotatable bonds is 8. The van der Waals surface area contributed by atoms with Crippen LogP contribution in [0.5, 0.6) is 0 Å². The van der Waals surface area contributed by atoms with Gasteiger partial charge in [-0.15, -0.1) is 5.09 Å². The summed E-state index contributed by atoms with van der Waals surface area (Å²) >= 11 is 0. The lowest BCUT2D eigenvalue weighted by Gasteiger charge is -2.33. The smallest absolute Gasteiger partial charge is 0.464 e. The van der Waals surface area contributed by atoms with Gasteiger partial charge in [0.2, 0.25) is 0 Å². The molecule has 3 rings (SSSR count). The van der Waals surface area contributed by atoms with Crippen LogP contribution in [-0.2, 0) is 23.3 Å². The molecule has 180 valence electrons. The van der Waals surface area contributed by atoms with Gasteiger partial charge >= 0.3 is 19.8 Å². The minimum atomic E-state index is -3.74. The van der Waals surface area contributed by atoms with Crippen molar-refractivity contribution < 1.29 is 33.3 Å². The third kappa shape index (κ3) is 5.12. The van der Waals surface area contributed by atoms with Gasteiger partial charge in [-0.1, -0.05) is 26.7 Å². The van der Waals surface area contributed by atoms with Crippen molar-refractivity contribution in [1.82, 2.24) is 14.6 Å². The largest absolute Gasteiger partial charge is 0.500 e. The van der Waals surface area contributed by atoms with Crippen LogP contribution in [-0.4, -0.2) is 62.6 Å². The van der Waals surface area contributed by atoms with Crippen LogP contribution in [0.1, 0.15) is 46.8 Å². The standard InChI is InChI=1S/C19H31N4O8P/c1-5-12(6-2)9-28-16(24)11(3)22-32(27)29-10-13-15(31-32)19(4,26)17(30-13)23-8-7-14(20)21-18(23)25/h7-8,11-13,15,17,22,26-27H,5-6,9-10H2,1-4H3,(H-,20,21,25)/p+1/t11-,13+,15+,17+,19+,32?/m0/s1. The Hall–Kier alpha value is -1.66. The maximum absolute atomic E-state index is 12.3. The number of esters is 1. The highest BCUT2D eigenvalue weighted by molar-refractivity contribution is 7.58. The first-order valence-electron chi connectivity index (χ1n) is 10.6. The number of nitrogens with one attached hydrogen (secondary N) is 1. The number of carbonyl (C=O) groups excluding carboxylic acids is 1. The minimum Gasteiger partial charge on any atom is -0.464 e. The van der Waals surface area contributed by atoms with E-state index in [1.54, 1.807) is 0 Å². The molecule has 2 fully saturated rings. The number of aromatic nitrogens is 2. The van der Waals surface area contributed by atoms with Crippen molar-refractivity contribution in [2.24, 2.45) is 5.92 Å². The quantitative estimate of drug-likeness (QED) is 0.305. The van der Waals surface area contributed by atoms with Crippen LogP contribution >= 0.6 is 8.09 Å². The number of nitrogen functional groups attached to an aromatic ring is 1. The minimum absolute atomic E-state index is 0.0375. The maximum Gasteiger partial charge on any atom is 0.500 e. The lowest BCUT2D eigenvalue weighted by Crippen LogP contribution is -2.51. The Morgan fingerprint density at radius 2 is 2.19 bits per heavy atom. The number of ether oxygens (including phenoxy) is 2. The lowest BCUT2D eigenvalue weighted by molar-refractivity contribution is -0.147. The molecule has 0 saturated carbocycles. The van der Waals surface area contributed by atoms with Gasteiger partial charge in [-0.25, -0.2) is 4.79 Å². The van der Waals surface area contributed by atoms with Crippen LogP contribution < -0.4 is 16.5 Å². The van der Waals surface area contributed by atoms with Crippen molar-refractivity contribution in [1.29, 1.82) is 0 Å². The van der Waals surface area contributed by atoms with Crippen LogP contribution in [0.2, 0.25) is 0 Å². The number of fused-ring (bicyclic) bond motifs is 1. The van der Waals surface area contributed by atoms with E-state index in [1.807, 2.05) is 13.8 Å². The van der Waals surface area contributed by atoms with E-state index in [0.717, 1.165) is 17.4 Å². The van der Waals surface area contributed by atoms with E-state index in [0.29, 0.717) is 0 Å². The fourth-order valence-electron chi connectivity index (χ4n) is 3.72. The van der Waals surface area contributed by atoms with E-state index >= 15 is 0 Å². The third-order valence-corrected chi connectivity index (χ3v) is 7.54. The zero-order valence-corrected chi connectivity index (χ0v) is 19.5. The number of hydrogen-bond donors (Lipinski definition) is 4. The molecule has 2 aliphatic heterocycles. The summed E-state index contributed by atoms with van der Waals surface area (Å²) in [4.78, 5) is 39.1. The van der Waals surface area contributed by atoms with Crippen molar-refractivity contribution in [3.8, 4) is 0 Å². The van der Waals surface area contributed by atoms with Gasteiger partial charge in [0.05, 0.1) is 6.61 Å². The summed E-state index contributed by atoms with van der Waals surface area (Å²) in [6.07, 6.45) is 0.194. The van der Waals surface area contributed by atoms with Crippen molar-refractivity contribution in [2.75, 3.05) is 18.9 Å². The predicted molar refractivity (Wildman–Crippen MR) is 115 cm³/mol. The number of nitrogens with zero attached hydrogens (tertiary/aromatic N) is 2. The number of anilines is 1. The Morgan fingerprint density at radius 1 is 1.50 bits per heavy atom. The molecule has 1 aromatic heterocycles. The molecule has 13 heteroatoms. The monoisotopic (exact) mass is 475 g/mol. The first-order valence-corrected chi connectivity index (χ1v) is 12.2. The molecule has 1 aromatic rings. The highest BCUT2D eigenvalue weighted by atomic mass is 31.2. The molecule has 3 heterocycles. The van der Waals surface area contributed by atoms with Gasteiger partial charge in [0.25, 0.3) is 0 Å². The second kappa shape index (κ2) is 9.68. The summed E-state index contributed by atoms with van der Waals surface area (Å²) in [5.41, 5.74) is 3.10. The summed E-state index contributed by atoms with van der Waals surface area (Å²) in [5.74, 6) is -0.247. The first kappa shape index (κ1) is 25.0. The van der Waals surface area contributed by atoms with Crippen LogP contribution in [0, 0.1) is 5.92 Å². The molecule has 6 atom stereocenters. The maximum atomic E-state index is 12.3. The first-order chi connectivity index (χ1) is 15.0. The van der Waals surface area contributed by atoms with Gasteiger partial charge in [-0.2, -0.15) is 18.9 Å². The predicted octanol–water partition coefficient (Wildman–Crippen LogP) is 0.517. The summed E-state index contributed by atoms with van der Waals surface area (Å²) in [6, 6.07) is 0.492. The lowest BCUT2D eigenvalue weighted by atomic mass is 9.96. The Morgan fingerprint density at radius 3 is 2.81 bits per heavy atom.